The van der Waals surface area contributed by atoms with E-state index in [9.17, 15) is 9.59 Å². The summed E-state index contributed by atoms with van der Waals surface area (Å²) in [4.78, 5) is 23.0. The molecule has 0 unspecified atom stereocenters. The molecule has 20 heavy (non-hydrogen) atoms. The minimum absolute atomic E-state index is 0.0417. The zero-order chi connectivity index (χ0) is 14.4. The number of rotatable bonds is 4. The Morgan fingerprint density at radius 2 is 1.85 bits per heavy atom. The summed E-state index contributed by atoms with van der Waals surface area (Å²) in [6.07, 6.45) is 1.38. The number of hydrazine groups is 1. The third-order valence-electron chi connectivity index (χ3n) is 2.36. The minimum atomic E-state index is -0.507. The van der Waals surface area contributed by atoms with Gasteiger partial charge >= 0.3 is 5.91 Å². The molecule has 0 spiro atoms. The molecule has 0 fully saturated rings. The summed E-state index contributed by atoms with van der Waals surface area (Å²) < 4.78 is 5.84. The number of hydrogen-bond donors (Lipinski definition) is 3. The van der Waals surface area contributed by atoms with Gasteiger partial charge in [0.1, 0.15) is 0 Å². The average Bonchev–Trinajstić information content (AvgIpc) is 2.98. The highest BCUT2D eigenvalue weighted by atomic mass is 79.9. The number of halogens is 1. The van der Waals surface area contributed by atoms with Gasteiger partial charge in [-0.25, -0.2) is 0 Å². The van der Waals surface area contributed by atoms with Crippen molar-refractivity contribution in [2.75, 3.05) is 11.9 Å². The van der Waals surface area contributed by atoms with Gasteiger partial charge in [-0.3, -0.25) is 20.4 Å². The number of anilines is 1. The molecule has 0 saturated carbocycles. The molecule has 0 aliphatic rings. The van der Waals surface area contributed by atoms with Crippen molar-refractivity contribution >= 4 is 33.4 Å². The largest absolute Gasteiger partial charge is 0.459 e. The second-order valence-electron chi connectivity index (χ2n) is 3.84. The number of benzene rings is 1. The van der Waals surface area contributed by atoms with Crippen LogP contribution in [0.2, 0.25) is 0 Å². The lowest BCUT2D eigenvalue weighted by Gasteiger charge is -2.08. The molecular weight excluding hydrogens is 326 g/mol. The number of furan rings is 1. The van der Waals surface area contributed by atoms with E-state index in [1.807, 2.05) is 24.3 Å². The summed E-state index contributed by atoms with van der Waals surface area (Å²) in [5.41, 5.74) is 5.34. The van der Waals surface area contributed by atoms with Gasteiger partial charge in [0.15, 0.2) is 5.76 Å². The van der Waals surface area contributed by atoms with Crippen LogP contribution in [0.1, 0.15) is 10.6 Å². The predicted molar refractivity (Wildman–Crippen MR) is 76.9 cm³/mol. The van der Waals surface area contributed by atoms with E-state index in [1.165, 1.54) is 12.3 Å². The van der Waals surface area contributed by atoms with E-state index in [2.05, 4.69) is 32.1 Å². The number of carbonyl (C=O) groups is 2. The van der Waals surface area contributed by atoms with Gasteiger partial charge in [-0.2, -0.15) is 0 Å². The molecule has 104 valence electrons. The molecular formula is C13H12BrN3O3. The van der Waals surface area contributed by atoms with Crippen molar-refractivity contribution in [1.29, 1.82) is 0 Å². The maximum atomic E-state index is 11.5. The molecule has 1 heterocycles. The van der Waals surface area contributed by atoms with Crippen LogP contribution in [-0.4, -0.2) is 18.4 Å². The monoisotopic (exact) mass is 337 g/mol. The zero-order valence-electron chi connectivity index (χ0n) is 10.4. The first kappa shape index (κ1) is 14.1. The fraction of sp³-hybridized carbons (Fsp3) is 0.0769. The fourth-order valence-corrected chi connectivity index (χ4v) is 1.65. The lowest BCUT2D eigenvalue weighted by atomic mass is 10.3. The molecule has 2 rings (SSSR count). The maximum Gasteiger partial charge on any atom is 0.305 e. The number of carbonyl (C=O) groups excluding carboxylic acids is 2. The van der Waals surface area contributed by atoms with Crippen LogP contribution >= 0.6 is 15.9 Å². The summed E-state index contributed by atoms with van der Waals surface area (Å²) in [6.45, 7) is 0.0417. The van der Waals surface area contributed by atoms with Gasteiger partial charge in [-0.15, -0.1) is 0 Å². The Bertz CT molecular complexity index is 581. The molecule has 0 saturated heterocycles. The van der Waals surface area contributed by atoms with Crippen molar-refractivity contribution in [2.24, 2.45) is 0 Å². The number of nitrogens with one attached hydrogen (secondary N) is 3. The Labute approximate surface area is 123 Å². The maximum absolute atomic E-state index is 11.5. The van der Waals surface area contributed by atoms with Gasteiger partial charge in [0.2, 0.25) is 0 Å². The van der Waals surface area contributed by atoms with Crippen LogP contribution in [-0.2, 0) is 4.79 Å². The van der Waals surface area contributed by atoms with E-state index >= 15 is 0 Å². The third-order valence-corrected chi connectivity index (χ3v) is 2.89. The van der Waals surface area contributed by atoms with E-state index in [0.717, 1.165) is 10.2 Å². The first-order valence-electron chi connectivity index (χ1n) is 5.77. The van der Waals surface area contributed by atoms with Crippen molar-refractivity contribution in [1.82, 2.24) is 10.9 Å². The lowest BCUT2D eigenvalue weighted by molar-refractivity contribution is -0.120. The molecule has 3 N–H and O–H groups in total. The summed E-state index contributed by atoms with van der Waals surface area (Å²) in [5.74, 6) is -0.744. The van der Waals surface area contributed by atoms with Gasteiger partial charge in [0, 0.05) is 10.2 Å². The van der Waals surface area contributed by atoms with Gasteiger partial charge in [-0.05, 0) is 36.4 Å². The molecule has 0 aliphatic carbocycles. The van der Waals surface area contributed by atoms with Crippen molar-refractivity contribution < 1.29 is 14.0 Å². The molecule has 2 amide bonds. The molecule has 0 aliphatic heterocycles. The summed E-state index contributed by atoms with van der Waals surface area (Å²) >= 11 is 3.32. The van der Waals surface area contributed by atoms with Gasteiger partial charge in [0.25, 0.3) is 5.91 Å². The second-order valence-corrected chi connectivity index (χ2v) is 4.76. The topological polar surface area (TPSA) is 83.4 Å². The van der Waals surface area contributed by atoms with Crippen molar-refractivity contribution in [3.05, 3.63) is 52.9 Å². The molecule has 2 aromatic rings. The zero-order valence-corrected chi connectivity index (χ0v) is 11.9. The highest BCUT2D eigenvalue weighted by Crippen LogP contribution is 2.13. The Kier molecular flexibility index (Phi) is 4.78. The van der Waals surface area contributed by atoms with Crippen molar-refractivity contribution in [3.63, 3.8) is 0 Å². The predicted octanol–water partition coefficient (Wildman–Crippen LogP) is 1.92. The van der Waals surface area contributed by atoms with Crippen LogP contribution in [0, 0.1) is 0 Å². The molecule has 1 aromatic carbocycles. The normalized spacial score (nSPS) is 9.85. The van der Waals surface area contributed by atoms with Crippen molar-refractivity contribution in [2.45, 2.75) is 0 Å². The lowest BCUT2D eigenvalue weighted by Crippen LogP contribution is -2.44. The highest BCUT2D eigenvalue weighted by molar-refractivity contribution is 9.10. The Balaban J connectivity index is 1.73. The minimum Gasteiger partial charge on any atom is -0.459 e. The van der Waals surface area contributed by atoms with E-state index in [0.29, 0.717) is 0 Å². The van der Waals surface area contributed by atoms with Crippen LogP contribution < -0.4 is 16.2 Å². The van der Waals surface area contributed by atoms with Crippen LogP contribution in [0.4, 0.5) is 5.69 Å². The smallest absolute Gasteiger partial charge is 0.305 e. The second kappa shape index (κ2) is 6.76. The van der Waals surface area contributed by atoms with Crippen LogP contribution in [0.25, 0.3) is 0 Å². The molecule has 0 atom stereocenters. The van der Waals surface area contributed by atoms with Crippen LogP contribution in [0.3, 0.4) is 0 Å². The van der Waals surface area contributed by atoms with Gasteiger partial charge in [-0.1, -0.05) is 15.9 Å². The van der Waals surface area contributed by atoms with Gasteiger partial charge in [0.05, 0.1) is 12.8 Å². The summed E-state index contributed by atoms with van der Waals surface area (Å²) in [6, 6.07) is 10.5. The van der Waals surface area contributed by atoms with E-state index in [4.69, 9.17) is 4.42 Å². The van der Waals surface area contributed by atoms with Gasteiger partial charge < -0.3 is 9.73 Å². The van der Waals surface area contributed by atoms with E-state index < -0.39 is 5.91 Å². The molecule has 0 radical (unpaired) electrons. The molecule has 0 bridgehead atoms. The fourth-order valence-electron chi connectivity index (χ4n) is 1.39. The highest BCUT2D eigenvalue weighted by Gasteiger charge is 2.09. The average molecular weight is 338 g/mol. The molecule has 7 heteroatoms. The number of hydrogen-bond acceptors (Lipinski definition) is 4. The standard InChI is InChI=1S/C13H12BrN3O3/c14-9-3-5-10(6-4-9)15-8-12(18)16-17-13(19)11-2-1-7-20-11/h1-7,15H,8H2,(H,16,18)(H,17,19). The van der Waals surface area contributed by atoms with E-state index in [1.54, 1.807) is 6.07 Å². The first-order valence-corrected chi connectivity index (χ1v) is 6.56. The Morgan fingerprint density at radius 3 is 2.50 bits per heavy atom. The van der Waals surface area contributed by atoms with E-state index in [-0.39, 0.29) is 18.2 Å². The molecule has 1 aromatic heterocycles. The quantitative estimate of drug-likeness (QED) is 0.744. The molecule has 6 nitrogen and oxygen atoms in total. The Morgan fingerprint density at radius 1 is 1.10 bits per heavy atom. The SMILES string of the molecule is O=C(CNc1ccc(Br)cc1)NNC(=O)c1ccco1. The van der Waals surface area contributed by atoms with Crippen LogP contribution in [0.5, 0.6) is 0 Å². The first-order chi connectivity index (χ1) is 9.65. The Hall–Kier alpha value is -2.28. The summed E-state index contributed by atoms with van der Waals surface area (Å²) in [7, 11) is 0. The number of amides is 2. The summed E-state index contributed by atoms with van der Waals surface area (Å²) in [5, 5.41) is 2.92. The van der Waals surface area contributed by atoms with Crippen molar-refractivity contribution in [3.8, 4) is 0 Å². The third kappa shape index (κ3) is 4.13. The van der Waals surface area contributed by atoms with Crippen LogP contribution in [0.15, 0.2) is 51.6 Å².